The maximum atomic E-state index is 14.8. The maximum absolute atomic E-state index is 14.8. The fraction of sp³-hybridized carbons (Fsp3) is 0.506. The number of thiazole rings is 1. The summed E-state index contributed by atoms with van der Waals surface area (Å²) in [5, 5.41) is 20.2. The lowest BCUT2D eigenvalue weighted by Crippen LogP contribution is -2.59. The number of amides is 4. The smallest absolute Gasteiger partial charge is 0.490 e. The average Bonchev–Trinajstić information content (AvgIpc) is 0.915. The van der Waals surface area contributed by atoms with Crippen molar-refractivity contribution >= 4 is 95.1 Å². The van der Waals surface area contributed by atoms with Crippen LogP contribution in [0.3, 0.4) is 0 Å². The highest BCUT2D eigenvalue weighted by atomic mass is 35.5. The van der Waals surface area contributed by atoms with Crippen molar-refractivity contribution in [1.82, 2.24) is 39.9 Å². The van der Waals surface area contributed by atoms with Gasteiger partial charge in [-0.3, -0.25) is 29.0 Å². The lowest BCUT2D eigenvalue weighted by molar-refractivity contribution is -0.145. The first-order valence-corrected chi connectivity index (χ1v) is 42.3. The number of aromatic nitrogens is 1. The second-order valence-corrected chi connectivity index (χ2v) is 37.4. The number of piperazine rings is 2. The standard InChI is InChI=1S/C79H97ClF4N10O10S4/c1-51-70(106-50-86-51)54-12-13-55(46-85-73(97)67-43-61(95)48-94(67)74(98)71(76(2,3)4)88-75(99)78(81)31-32-78)68(42-54)104-62-24-22-60(23-25-62)92-38-34-90(35-39-92)33-29-58(49-105-63-10-8-7-9-11-63)87-66-27-26-64(44-69(66)107(100,101)79(82,83)84)108(102,103)89-72(96)53-16-20-59(21-17-53)93-40-36-91(37-41-93)47-56-45-77(5,6)30-28-65(56)52-14-18-57(80)19-15-52/h7-21,26-27,42,44,50,58,60-62,67,71,87,95H,22-25,28-41,43,45-49H2,1-6H3,(H,85,97)(H,88,99)(H,89,96)/t58-,60?,61?,62?,67?,71-/m1/s1. The third kappa shape index (κ3) is 19.6. The summed E-state index contributed by atoms with van der Waals surface area (Å²) in [7, 11) is -11.1. The van der Waals surface area contributed by atoms with Gasteiger partial charge in [0.1, 0.15) is 22.7 Å². The zero-order valence-corrected chi connectivity index (χ0v) is 65.8. The number of aliphatic hydroxyl groups is 1. The number of ether oxygens (including phenoxy) is 1. The Bertz CT molecular complexity index is 4480. The minimum absolute atomic E-state index is 0.0213. The number of nitrogens with one attached hydrogen (secondary N) is 4. The molecule has 3 saturated heterocycles. The number of alkyl halides is 4. The number of likely N-dealkylation sites (tertiary alicyclic amines) is 1. The molecule has 4 atom stereocenters. The van der Waals surface area contributed by atoms with Crippen LogP contribution in [0.4, 0.5) is 28.9 Å². The second-order valence-electron chi connectivity index (χ2n) is 31.4. The molecule has 6 aliphatic rings. The van der Waals surface area contributed by atoms with Crippen LogP contribution in [-0.2, 0) is 40.8 Å². The molecule has 20 nitrogen and oxygen atoms in total. The van der Waals surface area contributed by atoms with E-state index in [0.29, 0.717) is 67.3 Å². The predicted molar refractivity (Wildman–Crippen MR) is 414 cm³/mol. The van der Waals surface area contributed by atoms with Crippen LogP contribution in [0.2, 0.25) is 5.02 Å². The van der Waals surface area contributed by atoms with Gasteiger partial charge in [0, 0.05) is 130 Å². The van der Waals surface area contributed by atoms with Crippen LogP contribution in [0.5, 0.6) is 5.75 Å². The van der Waals surface area contributed by atoms with Crippen LogP contribution in [0.1, 0.15) is 132 Å². The molecule has 2 saturated carbocycles. The highest BCUT2D eigenvalue weighted by molar-refractivity contribution is 7.99. The molecule has 3 aliphatic heterocycles. The highest BCUT2D eigenvalue weighted by Gasteiger charge is 2.54. The van der Waals surface area contributed by atoms with E-state index in [-0.39, 0.29) is 55.5 Å². The van der Waals surface area contributed by atoms with Gasteiger partial charge >= 0.3 is 5.51 Å². The molecule has 582 valence electrons. The number of halogens is 5. The molecular weight excluding hydrogens is 1490 g/mol. The van der Waals surface area contributed by atoms with Crippen molar-refractivity contribution in [3.05, 3.63) is 154 Å². The van der Waals surface area contributed by atoms with Crippen LogP contribution < -0.4 is 30.3 Å². The van der Waals surface area contributed by atoms with E-state index in [1.165, 1.54) is 56.8 Å². The zero-order chi connectivity index (χ0) is 77.1. The maximum Gasteiger partial charge on any atom is 0.501 e. The third-order valence-corrected chi connectivity index (χ3v) is 27.1. The number of hydrogen-bond donors (Lipinski definition) is 5. The van der Waals surface area contributed by atoms with Gasteiger partial charge in [-0.1, -0.05) is 94.3 Å². The molecule has 2 unspecified atom stereocenters. The summed E-state index contributed by atoms with van der Waals surface area (Å²) >= 11 is 9.17. The van der Waals surface area contributed by atoms with Gasteiger partial charge in [0.05, 0.1) is 38.9 Å². The molecule has 5 aromatic carbocycles. The van der Waals surface area contributed by atoms with Crippen molar-refractivity contribution < 1.29 is 63.4 Å². The summed E-state index contributed by atoms with van der Waals surface area (Å²) in [5.74, 6) is -2.09. The molecule has 0 bridgehead atoms. The summed E-state index contributed by atoms with van der Waals surface area (Å²) in [6.45, 7) is 18.9. The van der Waals surface area contributed by atoms with E-state index in [1.807, 2.05) is 72.3 Å². The molecule has 1 aromatic heterocycles. The number of aryl methyl sites for hydroxylation is 1. The minimum atomic E-state index is -6.17. The van der Waals surface area contributed by atoms with E-state index >= 15 is 0 Å². The molecule has 12 rings (SSSR count). The molecule has 4 heterocycles. The summed E-state index contributed by atoms with van der Waals surface area (Å²) in [6.07, 6.45) is 5.62. The molecule has 4 amide bonds. The first kappa shape index (κ1) is 80.4. The van der Waals surface area contributed by atoms with Gasteiger partial charge in [0.2, 0.25) is 11.8 Å². The first-order chi connectivity index (χ1) is 51.2. The van der Waals surface area contributed by atoms with Crippen LogP contribution >= 0.6 is 34.7 Å². The van der Waals surface area contributed by atoms with Gasteiger partial charge in [-0.25, -0.2) is 30.9 Å². The fourth-order valence-corrected chi connectivity index (χ4v) is 19.2. The average molecular weight is 1590 g/mol. The molecule has 0 spiro atoms. The van der Waals surface area contributed by atoms with Gasteiger partial charge in [0.25, 0.3) is 31.7 Å². The number of carbonyl (C=O) groups is 4. The summed E-state index contributed by atoms with van der Waals surface area (Å²) < 4.78 is 123. The number of allylic oxidation sites excluding steroid dienone is 1. The van der Waals surface area contributed by atoms with E-state index in [4.69, 9.17) is 16.3 Å². The fourth-order valence-electron chi connectivity index (χ4n) is 15.3. The number of aliphatic hydroxyl groups excluding tert-OH is 1. The molecule has 5 N–H and O–H groups in total. The Labute approximate surface area is 644 Å². The molecule has 108 heavy (non-hydrogen) atoms. The van der Waals surface area contributed by atoms with Gasteiger partial charge in [0.15, 0.2) is 5.67 Å². The number of anilines is 2. The number of sulfonamides is 1. The molecule has 6 aromatic rings. The molecule has 3 aliphatic carbocycles. The second kappa shape index (κ2) is 33.4. The zero-order valence-electron chi connectivity index (χ0n) is 61.8. The SMILES string of the molecule is Cc1ncsc1-c1ccc(CNC(=O)C2CC(O)CN2C(=O)[C@@H](NC(=O)C2(F)CC2)C(C)(C)C)c(OC2CCC(N3CCN(CC[C@H](CSc4ccccc4)Nc4ccc(S(=O)(=O)NC(=O)c5ccc(N6CCN(CC7=C(c8ccc(Cl)cc8)CCC(C)(C)C7)CC6)cc5)cc4S(=O)(=O)C(F)(F)F)CC3)CC2)c1. The van der Waals surface area contributed by atoms with Crippen molar-refractivity contribution in [2.75, 3.05) is 88.0 Å². The van der Waals surface area contributed by atoms with E-state index in [1.54, 1.807) is 38.4 Å². The van der Waals surface area contributed by atoms with Crippen molar-refractivity contribution in [3.8, 4) is 16.2 Å². The number of thioether (sulfide) groups is 1. The van der Waals surface area contributed by atoms with Gasteiger partial charge in [-0.15, -0.1) is 23.1 Å². The minimum Gasteiger partial charge on any atom is -0.490 e. The molecule has 0 radical (unpaired) electrons. The first-order valence-electron chi connectivity index (χ1n) is 37.1. The van der Waals surface area contributed by atoms with E-state index in [9.17, 15) is 58.7 Å². The van der Waals surface area contributed by atoms with Crippen molar-refractivity contribution in [1.29, 1.82) is 0 Å². The molecular formula is C79H97ClF4N10O10S4. The molecule has 5 fully saturated rings. The number of carbonyl (C=O) groups excluding carboxylic acids is 4. The monoisotopic (exact) mass is 1580 g/mol. The summed E-state index contributed by atoms with van der Waals surface area (Å²) in [5.41, 5.74) is 0.121. The Morgan fingerprint density at radius 3 is 2.14 bits per heavy atom. The number of hydrogen-bond acceptors (Lipinski definition) is 18. The van der Waals surface area contributed by atoms with E-state index in [0.717, 1.165) is 117 Å². The topological polar surface area (TPSA) is 243 Å². The van der Waals surface area contributed by atoms with Crippen LogP contribution in [0.15, 0.2) is 141 Å². The Kier molecular flexibility index (Phi) is 24.9. The van der Waals surface area contributed by atoms with Gasteiger partial charge in [-0.2, -0.15) is 13.2 Å². The lowest BCUT2D eigenvalue weighted by Gasteiger charge is -2.42. The largest absolute Gasteiger partial charge is 0.501 e. The van der Waals surface area contributed by atoms with E-state index in [2.05, 4.69) is 66.5 Å². The summed E-state index contributed by atoms with van der Waals surface area (Å²) in [4.78, 5) is 69.6. The van der Waals surface area contributed by atoms with Crippen LogP contribution in [0, 0.1) is 17.8 Å². The highest BCUT2D eigenvalue weighted by Crippen LogP contribution is 2.45. The third-order valence-electron chi connectivity index (χ3n) is 21.8. The van der Waals surface area contributed by atoms with Crippen molar-refractivity contribution in [2.24, 2.45) is 10.8 Å². The van der Waals surface area contributed by atoms with Crippen LogP contribution in [-0.4, -0.2) is 195 Å². The predicted octanol–water partition coefficient (Wildman–Crippen LogP) is 12.6. The van der Waals surface area contributed by atoms with Gasteiger partial charge < -0.3 is 40.5 Å². The Morgan fingerprint density at radius 1 is 0.815 bits per heavy atom. The Hall–Kier alpha value is -7.15. The van der Waals surface area contributed by atoms with Crippen molar-refractivity contribution in [3.63, 3.8) is 0 Å². The number of rotatable bonds is 26. The lowest BCUT2D eigenvalue weighted by atomic mass is 9.73. The number of β-amino-alcohol motifs (C(OH)–C–C–N with tert-alkyl or cyclic N) is 1. The number of nitrogens with zero attached hydrogens (tertiary/aromatic N) is 6. The Morgan fingerprint density at radius 2 is 1.49 bits per heavy atom. The van der Waals surface area contributed by atoms with Crippen LogP contribution in [0.25, 0.3) is 16.0 Å². The molecule has 29 heteroatoms. The Balaban J connectivity index is 0.651. The number of sulfone groups is 1. The van der Waals surface area contributed by atoms with E-state index < -0.39 is 99.8 Å². The normalized spacial score (nSPS) is 21.6. The van der Waals surface area contributed by atoms with Gasteiger partial charge in [-0.05, 0) is 171 Å². The number of benzene rings is 5. The van der Waals surface area contributed by atoms with Crippen molar-refractivity contribution in [2.45, 2.75) is 181 Å². The summed E-state index contributed by atoms with van der Waals surface area (Å²) in [6, 6.07) is 29.5. The quantitative estimate of drug-likeness (QED) is 0.0250.